The van der Waals surface area contributed by atoms with Gasteiger partial charge in [-0.3, -0.25) is 0 Å². The maximum Gasteiger partial charge on any atom is 0.159 e. The predicted octanol–water partition coefficient (Wildman–Crippen LogP) is 4.65. The topological polar surface area (TPSA) is 85.5 Å². The molecule has 32 heavy (non-hydrogen) atoms. The molecule has 8 heteroatoms. The minimum absolute atomic E-state index is 0.699. The van der Waals surface area contributed by atoms with E-state index in [4.69, 9.17) is 5.10 Å². The Morgan fingerprint density at radius 2 is 1.78 bits per heavy atom. The van der Waals surface area contributed by atoms with Crippen LogP contribution in [0.5, 0.6) is 0 Å². The number of aryl methyl sites for hydroxylation is 2. The molecular formula is C24H28N8. The molecule has 0 saturated heterocycles. The van der Waals surface area contributed by atoms with E-state index in [0.717, 1.165) is 57.9 Å². The normalized spacial score (nSPS) is 13.4. The highest BCUT2D eigenvalue weighted by Gasteiger charge is 2.25. The molecule has 1 saturated carbocycles. The molecule has 0 unspecified atom stereocenters. The van der Waals surface area contributed by atoms with Gasteiger partial charge in [-0.05, 0) is 57.7 Å². The average Bonchev–Trinajstić information content (AvgIpc) is 3.48. The van der Waals surface area contributed by atoms with Crippen molar-refractivity contribution in [1.29, 1.82) is 0 Å². The van der Waals surface area contributed by atoms with E-state index < -0.39 is 0 Å². The number of aromatic nitrogens is 6. The maximum absolute atomic E-state index is 4.98. The van der Waals surface area contributed by atoms with Crippen LogP contribution in [0.15, 0.2) is 42.7 Å². The highest BCUT2D eigenvalue weighted by atomic mass is 15.4. The molecule has 2 N–H and O–H groups in total. The van der Waals surface area contributed by atoms with Crippen molar-refractivity contribution in [1.82, 2.24) is 29.5 Å². The Kier molecular flexibility index (Phi) is 5.13. The van der Waals surface area contributed by atoms with Crippen molar-refractivity contribution in [3.05, 3.63) is 59.7 Å². The Morgan fingerprint density at radius 3 is 2.44 bits per heavy atom. The van der Waals surface area contributed by atoms with Crippen LogP contribution in [0.2, 0.25) is 0 Å². The minimum Gasteiger partial charge on any atom is -0.388 e. The summed E-state index contributed by atoms with van der Waals surface area (Å²) in [7, 11) is 1.93. The molecule has 1 aliphatic carbocycles. The summed E-state index contributed by atoms with van der Waals surface area (Å²) in [6.07, 6.45) is 4.10. The number of nitrogens with one attached hydrogen (secondary N) is 2. The lowest BCUT2D eigenvalue weighted by Gasteiger charge is -2.11. The summed E-state index contributed by atoms with van der Waals surface area (Å²) in [6.45, 7) is 7.03. The summed E-state index contributed by atoms with van der Waals surface area (Å²) in [5.74, 6) is 3.13. The van der Waals surface area contributed by atoms with E-state index >= 15 is 0 Å². The van der Waals surface area contributed by atoms with Gasteiger partial charge in [0, 0.05) is 42.2 Å². The lowest BCUT2D eigenvalue weighted by atomic mass is 10.1. The molecule has 164 valence electrons. The van der Waals surface area contributed by atoms with Crippen LogP contribution in [0.1, 0.15) is 29.8 Å². The quantitative estimate of drug-likeness (QED) is 0.446. The van der Waals surface area contributed by atoms with Gasteiger partial charge in [-0.15, -0.1) is 0 Å². The van der Waals surface area contributed by atoms with Gasteiger partial charge in [-0.2, -0.15) is 10.2 Å². The van der Waals surface area contributed by atoms with Gasteiger partial charge in [0.25, 0.3) is 0 Å². The predicted molar refractivity (Wildman–Crippen MR) is 127 cm³/mol. The van der Waals surface area contributed by atoms with Crippen molar-refractivity contribution in [3.63, 3.8) is 0 Å². The Labute approximate surface area is 187 Å². The van der Waals surface area contributed by atoms with E-state index in [9.17, 15) is 0 Å². The molecule has 0 aliphatic heterocycles. The monoisotopic (exact) mass is 428 g/mol. The van der Waals surface area contributed by atoms with Gasteiger partial charge in [0.2, 0.25) is 0 Å². The van der Waals surface area contributed by atoms with E-state index in [0.29, 0.717) is 5.92 Å². The van der Waals surface area contributed by atoms with E-state index in [2.05, 4.69) is 61.6 Å². The number of hydrogen-bond acceptors (Lipinski definition) is 6. The van der Waals surface area contributed by atoms with Crippen LogP contribution in [-0.4, -0.2) is 36.6 Å². The molecule has 1 aromatic carbocycles. The van der Waals surface area contributed by atoms with Gasteiger partial charge in [0.1, 0.15) is 18.0 Å². The van der Waals surface area contributed by atoms with Crippen LogP contribution < -0.4 is 10.6 Å². The molecular weight excluding hydrogens is 400 g/mol. The first-order valence-electron chi connectivity index (χ1n) is 11.0. The van der Waals surface area contributed by atoms with Gasteiger partial charge >= 0.3 is 0 Å². The van der Waals surface area contributed by atoms with Crippen molar-refractivity contribution in [3.8, 4) is 17.1 Å². The van der Waals surface area contributed by atoms with Crippen molar-refractivity contribution in [2.24, 2.45) is 5.92 Å². The van der Waals surface area contributed by atoms with Crippen LogP contribution in [0.25, 0.3) is 17.1 Å². The first-order chi connectivity index (χ1) is 15.5. The molecule has 0 amide bonds. The largest absolute Gasteiger partial charge is 0.388 e. The lowest BCUT2D eigenvalue weighted by molar-refractivity contribution is 0.571. The fourth-order valence-electron chi connectivity index (χ4n) is 3.97. The third-order valence-electron chi connectivity index (χ3n) is 5.89. The molecule has 3 aromatic heterocycles. The lowest BCUT2D eigenvalue weighted by Crippen LogP contribution is -2.09. The van der Waals surface area contributed by atoms with Crippen molar-refractivity contribution < 1.29 is 0 Å². The molecule has 0 bridgehead atoms. The average molecular weight is 429 g/mol. The summed E-state index contributed by atoms with van der Waals surface area (Å²) >= 11 is 0. The highest BCUT2D eigenvalue weighted by Crippen LogP contribution is 2.35. The third kappa shape index (κ3) is 3.95. The molecule has 3 heterocycles. The van der Waals surface area contributed by atoms with E-state index in [1.165, 1.54) is 12.8 Å². The van der Waals surface area contributed by atoms with Gasteiger partial charge in [-0.1, -0.05) is 12.1 Å². The van der Waals surface area contributed by atoms with E-state index in [-0.39, 0.29) is 0 Å². The smallest absolute Gasteiger partial charge is 0.159 e. The molecule has 0 atom stereocenters. The van der Waals surface area contributed by atoms with Crippen molar-refractivity contribution in [2.45, 2.75) is 40.2 Å². The Hall–Kier alpha value is -3.68. The summed E-state index contributed by atoms with van der Waals surface area (Å²) < 4.78 is 3.94. The fraction of sp³-hybridized carbons (Fsp3) is 0.333. The standard InChI is InChI=1S/C24H28N8/c1-15-11-16(2)32(29-15)22-12-21(26-14-27-22)28-24-17(3)23(30-31(24)13-18-5-6-18)19-7-9-20(25-4)10-8-19/h7-12,14,18,25H,5-6,13H2,1-4H3,(H,26,27,28). The van der Waals surface area contributed by atoms with Gasteiger partial charge in [-0.25, -0.2) is 19.3 Å². The number of nitrogens with zero attached hydrogens (tertiary/aromatic N) is 6. The Balaban J connectivity index is 1.50. The zero-order chi connectivity index (χ0) is 22.2. The fourth-order valence-corrected chi connectivity index (χ4v) is 3.97. The van der Waals surface area contributed by atoms with E-state index in [1.807, 2.05) is 37.7 Å². The molecule has 1 aliphatic rings. The number of hydrogen-bond donors (Lipinski definition) is 2. The molecule has 0 spiro atoms. The van der Waals surface area contributed by atoms with Crippen molar-refractivity contribution in [2.75, 3.05) is 17.7 Å². The molecule has 0 radical (unpaired) electrons. The molecule has 4 aromatic rings. The maximum atomic E-state index is 4.98. The van der Waals surface area contributed by atoms with Crippen LogP contribution in [0, 0.1) is 26.7 Å². The SMILES string of the molecule is CNc1ccc(-c2nn(CC3CC3)c(Nc3cc(-n4nc(C)cc4C)ncn3)c2C)cc1. The van der Waals surface area contributed by atoms with Crippen LogP contribution >= 0.6 is 0 Å². The second kappa shape index (κ2) is 8.11. The van der Waals surface area contributed by atoms with Crippen LogP contribution in [0.4, 0.5) is 17.3 Å². The van der Waals surface area contributed by atoms with Crippen LogP contribution in [-0.2, 0) is 6.54 Å². The van der Waals surface area contributed by atoms with Gasteiger partial charge in [0.05, 0.1) is 11.4 Å². The van der Waals surface area contributed by atoms with Gasteiger partial charge in [0.15, 0.2) is 5.82 Å². The number of benzene rings is 1. The zero-order valence-electron chi connectivity index (χ0n) is 18.9. The molecule has 8 nitrogen and oxygen atoms in total. The minimum atomic E-state index is 0.699. The number of anilines is 3. The molecule has 5 rings (SSSR count). The van der Waals surface area contributed by atoms with Crippen LogP contribution in [0.3, 0.4) is 0 Å². The summed E-state index contributed by atoms with van der Waals surface area (Å²) in [5, 5.41) is 16.2. The molecule has 1 fully saturated rings. The second-order valence-corrected chi connectivity index (χ2v) is 8.50. The highest BCUT2D eigenvalue weighted by molar-refractivity contribution is 5.72. The summed E-state index contributed by atoms with van der Waals surface area (Å²) in [4.78, 5) is 8.88. The Morgan fingerprint density at radius 1 is 1.00 bits per heavy atom. The summed E-state index contributed by atoms with van der Waals surface area (Å²) in [5.41, 5.74) is 6.28. The zero-order valence-corrected chi connectivity index (χ0v) is 18.9. The Bertz CT molecular complexity index is 1250. The first-order valence-corrected chi connectivity index (χ1v) is 11.0. The third-order valence-corrected chi connectivity index (χ3v) is 5.89. The second-order valence-electron chi connectivity index (χ2n) is 8.50. The number of rotatable bonds is 7. The first kappa shape index (κ1) is 20.2. The van der Waals surface area contributed by atoms with E-state index in [1.54, 1.807) is 6.33 Å². The summed E-state index contributed by atoms with van der Waals surface area (Å²) in [6, 6.07) is 12.3. The van der Waals surface area contributed by atoms with Crippen molar-refractivity contribution >= 4 is 17.3 Å². The van der Waals surface area contributed by atoms with Gasteiger partial charge < -0.3 is 10.6 Å².